The van der Waals surface area contributed by atoms with Crippen LogP contribution >= 0.6 is 0 Å². The van der Waals surface area contributed by atoms with Gasteiger partial charge in [0.1, 0.15) is 0 Å². The Morgan fingerprint density at radius 3 is 2.72 bits per heavy atom. The third kappa shape index (κ3) is 4.82. The third-order valence-electron chi connectivity index (χ3n) is 4.48. The molecule has 2 N–H and O–H groups in total. The summed E-state index contributed by atoms with van der Waals surface area (Å²) in [5.74, 6) is 0.441. The Morgan fingerprint density at radius 1 is 1.16 bits per heavy atom. The maximum Gasteiger partial charge on any atom is 0.319 e. The molecule has 25 heavy (non-hydrogen) atoms. The van der Waals surface area contributed by atoms with Crippen LogP contribution in [0.3, 0.4) is 0 Å². The lowest BCUT2D eigenvalue weighted by Crippen LogP contribution is -2.34. The Morgan fingerprint density at radius 2 is 1.92 bits per heavy atom. The number of hydrogen-bond donors (Lipinski definition) is 2. The summed E-state index contributed by atoms with van der Waals surface area (Å²) < 4.78 is 0. The Hall–Kier alpha value is -2.84. The van der Waals surface area contributed by atoms with Crippen LogP contribution in [0, 0.1) is 17.2 Å². The molecule has 1 atom stereocenters. The number of nitriles is 1. The van der Waals surface area contributed by atoms with Crippen molar-refractivity contribution in [2.24, 2.45) is 5.92 Å². The van der Waals surface area contributed by atoms with E-state index in [2.05, 4.69) is 21.6 Å². The van der Waals surface area contributed by atoms with Gasteiger partial charge in [0.2, 0.25) is 0 Å². The first-order valence-corrected chi connectivity index (χ1v) is 8.55. The standard InChI is InChI=1S/C20H22N4O/c21-12-17-6-4-5-7-18(17)15-24-11-10-16(14-24)13-22-20(25)23-19-8-2-1-3-9-19/h1-9,16H,10-11,13-15H2,(H2,22,23,25)/t16-/m0/s1. The minimum atomic E-state index is -0.167. The molecule has 1 aliphatic rings. The molecule has 1 saturated heterocycles. The number of rotatable bonds is 5. The Balaban J connectivity index is 1.44. The second-order valence-corrected chi connectivity index (χ2v) is 6.36. The predicted molar refractivity (Wildman–Crippen MR) is 98.0 cm³/mol. The van der Waals surface area contributed by atoms with Gasteiger partial charge in [0.25, 0.3) is 0 Å². The van der Waals surface area contributed by atoms with Crippen molar-refractivity contribution in [1.29, 1.82) is 5.26 Å². The second kappa shape index (κ2) is 8.32. The predicted octanol–water partition coefficient (Wildman–Crippen LogP) is 3.20. The summed E-state index contributed by atoms with van der Waals surface area (Å²) in [5, 5.41) is 15.0. The first kappa shape index (κ1) is 17.0. The van der Waals surface area contributed by atoms with E-state index in [-0.39, 0.29) is 6.03 Å². The molecule has 2 aromatic rings. The highest BCUT2D eigenvalue weighted by Gasteiger charge is 2.23. The third-order valence-corrected chi connectivity index (χ3v) is 4.48. The van der Waals surface area contributed by atoms with Crippen LogP contribution in [0.25, 0.3) is 0 Å². The van der Waals surface area contributed by atoms with E-state index >= 15 is 0 Å². The van der Waals surface area contributed by atoms with Crippen molar-refractivity contribution in [3.8, 4) is 6.07 Å². The smallest absolute Gasteiger partial charge is 0.319 e. The maximum atomic E-state index is 12.0. The largest absolute Gasteiger partial charge is 0.338 e. The Kier molecular flexibility index (Phi) is 5.65. The lowest BCUT2D eigenvalue weighted by atomic mass is 10.1. The van der Waals surface area contributed by atoms with E-state index in [1.165, 1.54) is 0 Å². The summed E-state index contributed by atoms with van der Waals surface area (Å²) in [5.41, 5.74) is 2.60. The zero-order valence-electron chi connectivity index (χ0n) is 14.1. The number of urea groups is 1. The monoisotopic (exact) mass is 334 g/mol. The van der Waals surface area contributed by atoms with Crippen LogP contribution in [0.15, 0.2) is 54.6 Å². The molecule has 0 radical (unpaired) electrons. The van der Waals surface area contributed by atoms with Gasteiger partial charge in [-0.2, -0.15) is 5.26 Å². The number of carbonyl (C=O) groups is 1. The summed E-state index contributed by atoms with van der Waals surface area (Å²) in [6, 6.07) is 19.3. The van der Waals surface area contributed by atoms with Crippen molar-refractivity contribution >= 4 is 11.7 Å². The van der Waals surface area contributed by atoms with Crippen LogP contribution in [0.2, 0.25) is 0 Å². The van der Waals surface area contributed by atoms with Gasteiger partial charge in [-0.05, 0) is 42.6 Å². The molecule has 0 aromatic heterocycles. The summed E-state index contributed by atoms with van der Waals surface area (Å²) >= 11 is 0. The lowest BCUT2D eigenvalue weighted by Gasteiger charge is -2.17. The average Bonchev–Trinajstić information content (AvgIpc) is 3.09. The van der Waals surface area contributed by atoms with Gasteiger partial charge >= 0.3 is 6.03 Å². The second-order valence-electron chi connectivity index (χ2n) is 6.36. The number of anilines is 1. The zero-order chi connectivity index (χ0) is 17.5. The lowest BCUT2D eigenvalue weighted by molar-refractivity contribution is 0.249. The van der Waals surface area contributed by atoms with Crippen molar-refractivity contribution < 1.29 is 4.79 Å². The molecule has 1 heterocycles. The normalized spacial score (nSPS) is 17.0. The zero-order valence-corrected chi connectivity index (χ0v) is 14.1. The molecule has 0 spiro atoms. The van der Waals surface area contributed by atoms with Gasteiger partial charge in [0.15, 0.2) is 0 Å². The van der Waals surface area contributed by atoms with E-state index in [9.17, 15) is 10.1 Å². The molecule has 1 fully saturated rings. The van der Waals surface area contributed by atoms with Crippen LogP contribution in [0.1, 0.15) is 17.5 Å². The van der Waals surface area contributed by atoms with Crippen molar-refractivity contribution in [1.82, 2.24) is 10.2 Å². The summed E-state index contributed by atoms with van der Waals surface area (Å²) in [6.07, 6.45) is 1.06. The molecule has 0 bridgehead atoms. The molecule has 128 valence electrons. The quantitative estimate of drug-likeness (QED) is 0.882. The molecule has 2 amide bonds. The van der Waals surface area contributed by atoms with Gasteiger partial charge in [0, 0.05) is 25.3 Å². The van der Waals surface area contributed by atoms with E-state index in [0.29, 0.717) is 12.5 Å². The van der Waals surface area contributed by atoms with E-state index in [4.69, 9.17) is 0 Å². The minimum Gasteiger partial charge on any atom is -0.338 e. The van der Waals surface area contributed by atoms with Crippen molar-refractivity contribution in [3.05, 3.63) is 65.7 Å². The molecule has 5 heteroatoms. The highest BCUT2D eigenvalue weighted by molar-refractivity contribution is 5.89. The van der Waals surface area contributed by atoms with E-state index in [0.717, 1.165) is 42.9 Å². The van der Waals surface area contributed by atoms with Gasteiger partial charge in [-0.25, -0.2) is 4.79 Å². The van der Waals surface area contributed by atoms with Gasteiger partial charge in [-0.15, -0.1) is 0 Å². The number of likely N-dealkylation sites (tertiary alicyclic amines) is 1. The van der Waals surface area contributed by atoms with Crippen LogP contribution in [-0.2, 0) is 6.54 Å². The van der Waals surface area contributed by atoms with Gasteiger partial charge in [-0.3, -0.25) is 4.90 Å². The SMILES string of the molecule is N#Cc1ccccc1CN1CC[C@@H](CNC(=O)Nc2ccccc2)C1. The fourth-order valence-corrected chi connectivity index (χ4v) is 3.17. The highest BCUT2D eigenvalue weighted by atomic mass is 16.2. The number of nitrogens with one attached hydrogen (secondary N) is 2. The van der Waals surface area contributed by atoms with Gasteiger partial charge < -0.3 is 10.6 Å². The Bertz CT molecular complexity index is 754. The fraction of sp³-hybridized carbons (Fsp3) is 0.300. The molecule has 0 aliphatic carbocycles. The topological polar surface area (TPSA) is 68.2 Å². The van der Waals surface area contributed by atoms with Crippen molar-refractivity contribution in [2.45, 2.75) is 13.0 Å². The molecular weight excluding hydrogens is 312 g/mol. The number of para-hydroxylation sites is 1. The van der Waals surface area contributed by atoms with E-state index < -0.39 is 0 Å². The first-order valence-electron chi connectivity index (χ1n) is 8.55. The molecule has 5 nitrogen and oxygen atoms in total. The van der Waals surface area contributed by atoms with Gasteiger partial charge in [0.05, 0.1) is 11.6 Å². The maximum absolute atomic E-state index is 12.0. The molecule has 3 rings (SSSR count). The van der Waals surface area contributed by atoms with E-state index in [1.54, 1.807) is 0 Å². The van der Waals surface area contributed by atoms with Crippen LogP contribution < -0.4 is 10.6 Å². The average molecular weight is 334 g/mol. The number of nitrogens with zero attached hydrogens (tertiary/aromatic N) is 2. The number of carbonyl (C=O) groups excluding carboxylic acids is 1. The van der Waals surface area contributed by atoms with Crippen LogP contribution in [-0.4, -0.2) is 30.6 Å². The summed E-state index contributed by atoms with van der Waals surface area (Å²) in [4.78, 5) is 14.3. The number of hydrogen-bond acceptors (Lipinski definition) is 3. The van der Waals surface area contributed by atoms with Gasteiger partial charge in [-0.1, -0.05) is 36.4 Å². The van der Waals surface area contributed by atoms with Crippen LogP contribution in [0.4, 0.5) is 10.5 Å². The minimum absolute atomic E-state index is 0.167. The Labute approximate surface area is 148 Å². The fourth-order valence-electron chi connectivity index (χ4n) is 3.17. The molecule has 1 aliphatic heterocycles. The molecule has 0 unspecified atom stereocenters. The molecular formula is C20H22N4O. The van der Waals surface area contributed by atoms with Crippen LogP contribution in [0.5, 0.6) is 0 Å². The van der Waals surface area contributed by atoms with Crippen molar-refractivity contribution in [2.75, 3.05) is 25.0 Å². The summed E-state index contributed by atoms with van der Waals surface area (Å²) in [6.45, 7) is 3.38. The highest BCUT2D eigenvalue weighted by Crippen LogP contribution is 2.19. The van der Waals surface area contributed by atoms with Crippen molar-refractivity contribution in [3.63, 3.8) is 0 Å². The number of benzene rings is 2. The molecule has 0 saturated carbocycles. The summed E-state index contributed by atoms with van der Waals surface area (Å²) in [7, 11) is 0. The van der Waals surface area contributed by atoms with E-state index in [1.807, 2.05) is 54.6 Å². The first-order chi connectivity index (χ1) is 12.2. The molecule has 2 aromatic carbocycles. The number of amides is 2.